The number of halogens is 1. The van der Waals surface area contributed by atoms with E-state index in [2.05, 4.69) is 4.52 Å². The van der Waals surface area contributed by atoms with Gasteiger partial charge >= 0.3 is 13.5 Å². The number of nitrogens with one attached hydrogen (secondary N) is 1. The Labute approximate surface area is 122 Å². The van der Waals surface area contributed by atoms with E-state index in [1.54, 1.807) is 0 Å². The van der Waals surface area contributed by atoms with Crippen LogP contribution in [-0.2, 0) is 13.8 Å². The van der Waals surface area contributed by atoms with Crippen LogP contribution in [0.1, 0.15) is 13.2 Å². The summed E-state index contributed by atoms with van der Waals surface area (Å²) in [6.45, 7) is 0.379. The van der Waals surface area contributed by atoms with E-state index in [1.807, 2.05) is 4.98 Å². The van der Waals surface area contributed by atoms with Crippen molar-refractivity contribution in [2.45, 2.75) is 31.0 Å². The fourth-order valence-corrected chi connectivity index (χ4v) is 2.50. The highest BCUT2D eigenvalue weighted by molar-refractivity contribution is 7.46. The van der Waals surface area contributed by atoms with E-state index in [1.165, 1.54) is 6.92 Å². The number of nitrogens with zero attached hydrogens (tertiary/aromatic N) is 1. The van der Waals surface area contributed by atoms with Crippen molar-refractivity contribution in [3.8, 4) is 0 Å². The lowest BCUT2D eigenvalue weighted by atomic mass is 9.99. The average Bonchev–Trinajstić information content (AvgIpc) is 2.61. The lowest BCUT2D eigenvalue weighted by Crippen LogP contribution is -2.43. The van der Waals surface area contributed by atoms with Crippen molar-refractivity contribution in [2.24, 2.45) is 0 Å². The smallest absolute Gasteiger partial charge is 0.387 e. The predicted molar refractivity (Wildman–Crippen MR) is 68.7 cm³/mol. The molecule has 1 aromatic rings. The van der Waals surface area contributed by atoms with Crippen LogP contribution in [0.25, 0.3) is 0 Å². The molecule has 1 aliphatic rings. The molecule has 0 spiro atoms. The Bertz CT molecular complexity index is 713. The Hall–Kier alpha value is -1.36. The van der Waals surface area contributed by atoms with Crippen molar-refractivity contribution in [2.75, 3.05) is 6.61 Å². The van der Waals surface area contributed by atoms with Crippen molar-refractivity contribution in [1.82, 2.24) is 9.55 Å². The maximum Gasteiger partial charge on any atom is 0.469 e. The number of hydrogen-bond donors (Lipinski definition) is 4. The minimum atomic E-state index is -4.84. The predicted octanol–water partition coefficient (Wildman–Crippen LogP) is -1.37. The highest BCUT2D eigenvalue weighted by atomic mass is 31.2. The molecule has 2 heterocycles. The summed E-state index contributed by atoms with van der Waals surface area (Å²) in [6.07, 6.45) is -4.47. The minimum absolute atomic E-state index is 0.692. The van der Waals surface area contributed by atoms with E-state index in [-0.39, 0.29) is 0 Å². The Balaban J connectivity index is 2.28. The van der Waals surface area contributed by atoms with Crippen LogP contribution in [-0.4, -0.2) is 48.9 Å². The second-order valence-electron chi connectivity index (χ2n) is 4.99. The molecule has 124 valence electrons. The molecule has 0 saturated carbocycles. The number of aromatic amines is 1. The number of phosphoric ester groups is 1. The van der Waals surface area contributed by atoms with E-state index in [0.717, 1.165) is 16.8 Å². The van der Waals surface area contributed by atoms with Gasteiger partial charge in [-0.1, -0.05) is 0 Å². The normalized spacial score (nSPS) is 32.3. The first-order chi connectivity index (χ1) is 10.0. The molecule has 10 nitrogen and oxygen atoms in total. The van der Waals surface area contributed by atoms with Gasteiger partial charge in [-0.15, -0.1) is 0 Å². The molecule has 4 N–H and O–H groups in total. The first-order valence-electron chi connectivity index (χ1n) is 6.05. The number of rotatable bonds is 4. The number of phosphoric acid groups is 1. The van der Waals surface area contributed by atoms with Gasteiger partial charge in [0.1, 0.15) is 11.7 Å². The number of aliphatic hydroxyl groups is 1. The number of aliphatic hydroxyl groups excluding tert-OH is 1. The van der Waals surface area contributed by atoms with Gasteiger partial charge < -0.3 is 19.6 Å². The van der Waals surface area contributed by atoms with Crippen molar-refractivity contribution < 1.29 is 33.1 Å². The lowest BCUT2D eigenvalue weighted by molar-refractivity contribution is -0.115. The second-order valence-corrected chi connectivity index (χ2v) is 6.23. The topological polar surface area (TPSA) is 151 Å². The van der Waals surface area contributed by atoms with Crippen LogP contribution in [0.5, 0.6) is 0 Å². The molecule has 2 rings (SSSR count). The molecule has 0 amide bonds. The van der Waals surface area contributed by atoms with Crippen molar-refractivity contribution in [1.29, 1.82) is 0 Å². The lowest BCUT2D eigenvalue weighted by Gasteiger charge is -2.26. The van der Waals surface area contributed by atoms with Crippen LogP contribution in [0, 0.1) is 0 Å². The maximum atomic E-state index is 14.2. The summed E-state index contributed by atoms with van der Waals surface area (Å²) in [6, 6.07) is 0.964. The van der Waals surface area contributed by atoms with E-state index in [4.69, 9.17) is 14.5 Å². The van der Waals surface area contributed by atoms with Gasteiger partial charge in [-0.25, -0.2) is 13.8 Å². The van der Waals surface area contributed by atoms with E-state index >= 15 is 0 Å². The van der Waals surface area contributed by atoms with Crippen molar-refractivity contribution >= 4 is 7.82 Å². The van der Waals surface area contributed by atoms with Gasteiger partial charge in [-0.05, 0) is 6.92 Å². The molecule has 0 aliphatic carbocycles. The Morgan fingerprint density at radius 3 is 2.73 bits per heavy atom. The Morgan fingerprint density at radius 2 is 2.18 bits per heavy atom. The fourth-order valence-electron chi connectivity index (χ4n) is 2.07. The van der Waals surface area contributed by atoms with Gasteiger partial charge in [-0.2, -0.15) is 0 Å². The molecule has 0 bridgehead atoms. The first-order valence-corrected chi connectivity index (χ1v) is 7.58. The summed E-state index contributed by atoms with van der Waals surface area (Å²) in [5.41, 5.74) is -3.43. The Morgan fingerprint density at radius 1 is 1.55 bits per heavy atom. The number of ether oxygens (including phenoxy) is 1. The molecule has 1 fully saturated rings. The molecule has 1 saturated heterocycles. The van der Waals surface area contributed by atoms with Gasteiger partial charge in [0.25, 0.3) is 5.56 Å². The van der Waals surface area contributed by atoms with Gasteiger partial charge in [0.15, 0.2) is 12.4 Å². The molecule has 22 heavy (non-hydrogen) atoms. The molecular formula is C10H14FN2O8P. The number of hydrogen-bond acceptors (Lipinski definition) is 6. The SMILES string of the molecule is C[C@]1(COP(=O)(O)O)O[C@@H](n2ccc(=O)[nH]c2=O)[C@H](F)[C@@H]1O. The third kappa shape index (κ3) is 3.35. The summed E-state index contributed by atoms with van der Waals surface area (Å²) >= 11 is 0. The molecule has 12 heteroatoms. The molecule has 0 aromatic carbocycles. The standard InChI is InChI=1S/C10H14FN2O8P/c1-10(4-20-22(17,18)19)7(15)6(11)8(21-10)13-3-2-5(14)12-9(13)16/h2-3,6-8,15H,4H2,1H3,(H,12,14,16)(H2,17,18,19)/t6-,7+,8-,10-/m1/s1. The van der Waals surface area contributed by atoms with Crippen LogP contribution in [0.15, 0.2) is 21.9 Å². The number of aromatic nitrogens is 2. The third-order valence-corrected chi connectivity index (χ3v) is 3.70. The first kappa shape index (κ1) is 17.0. The largest absolute Gasteiger partial charge is 0.469 e. The molecule has 0 radical (unpaired) electrons. The van der Waals surface area contributed by atoms with Gasteiger partial charge in [-0.3, -0.25) is 18.9 Å². The fraction of sp³-hybridized carbons (Fsp3) is 0.600. The van der Waals surface area contributed by atoms with E-state index in [9.17, 15) is 23.7 Å². The van der Waals surface area contributed by atoms with E-state index in [0.29, 0.717) is 0 Å². The van der Waals surface area contributed by atoms with Gasteiger partial charge in [0.05, 0.1) is 6.61 Å². The molecule has 1 aliphatic heterocycles. The van der Waals surface area contributed by atoms with Crippen LogP contribution >= 0.6 is 7.82 Å². The summed E-state index contributed by atoms with van der Waals surface area (Å²) in [5, 5.41) is 9.87. The van der Waals surface area contributed by atoms with Gasteiger partial charge in [0.2, 0.25) is 0 Å². The summed E-state index contributed by atoms with van der Waals surface area (Å²) in [4.78, 5) is 41.8. The molecular weight excluding hydrogens is 326 g/mol. The summed E-state index contributed by atoms with van der Waals surface area (Å²) < 4.78 is 35.1. The van der Waals surface area contributed by atoms with Gasteiger partial charge in [0, 0.05) is 12.3 Å². The van der Waals surface area contributed by atoms with Crippen molar-refractivity contribution in [3.05, 3.63) is 33.1 Å². The zero-order valence-corrected chi connectivity index (χ0v) is 12.1. The Kier molecular flexibility index (Phi) is 4.39. The third-order valence-electron chi connectivity index (χ3n) is 3.23. The zero-order chi connectivity index (χ0) is 16.7. The summed E-state index contributed by atoms with van der Waals surface area (Å²) in [7, 11) is -4.84. The molecule has 0 unspecified atom stereocenters. The quantitative estimate of drug-likeness (QED) is 0.490. The number of alkyl halides is 1. The summed E-state index contributed by atoms with van der Waals surface area (Å²) in [5.74, 6) is 0. The maximum absolute atomic E-state index is 14.2. The van der Waals surface area contributed by atoms with Crippen molar-refractivity contribution in [3.63, 3.8) is 0 Å². The zero-order valence-electron chi connectivity index (χ0n) is 11.2. The second kappa shape index (κ2) is 5.69. The highest BCUT2D eigenvalue weighted by Crippen LogP contribution is 2.43. The van der Waals surface area contributed by atoms with E-state index < -0.39 is 49.8 Å². The van der Waals surface area contributed by atoms with Crippen LogP contribution in [0.3, 0.4) is 0 Å². The van der Waals surface area contributed by atoms with Crippen LogP contribution in [0.4, 0.5) is 4.39 Å². The number of H-pyrrole nitrogens is 1. The highest BCUT2D eigenvalue weighted by Gasteiger charge is 2.54. The monoisotopic (exact) mass is 340 g/mol. The molecule has 1 aromatic heterocycles. The average molecular weight is 340 g/mol. The molecule has 4 atom stereocenters. The van der Waals surface area contributed by atoms with Crippen LogP contribution < -0.4 is 11.2 Å². The minimum Gasteiger partial charge on any atom is -0.387 e. The van der Waals surface area contributed by atoms with Crippen LogP contribution in [0.2, 0.25) is 0 Å².